The van der Waals surface area contributed by atoms with Crippen LogP contribution in [0.15, 0.2) is 42.1 Å². The highest BCUT2D eigenvalue weighted by Crippen LogP contribution is 2.34. The van der Waals surface area contributed by atoms with E-state index in [-0.39, 0.29) is 12.1 Å². The number of imidazole rings is 1. The molecule has 1 N–H and O–H groups in total. The topological polar surface area (TPSA) is 108 Å². The monoisotopic (exact) mass is 607 g/mol. The Labute approximate surface area is 253 Å². The van der Waals surface area contributed by atoms with Crippen molar-refractivity contribution in [2.45, 2.75) is 69.8 Å². The summed E-state index contributed by atoms with van der Waals surface area (Å²) in [6, 6.07) is 9.30. The van der Waals surface area contributed by atoms with E-state index in [0.29, 0.717) is 48.3 Å². The molecule has 4 aromatic rings. The molecule has 1 saturated heterocycles. The minimum absolute atomic E-state index is 0.138. The van der Waals surface area contributed by atoms with Crippen LogP contribution >= 0.6 is 23.4 Å². The summed E-state index contributed by atoms with van der Waals surface area (Å²) >= 11 is 7.66. The van der Waals surface area contributed by atoms with E-state index in [1.165, 1.54) is 0 Å². The molecule has 11 nitrogen and oxygen atoms in total. The molecule has 42 heavy (non-hydrogen) atoms. The average Bonchev–Trinajstić information content (AvgIpc) is 3.75. The number of hydrogen-bond acceptors (Lipinski definition) is 7. The Bertz CT molecular complexity index is 1620. The number of urea groups is 1. The van der Waals surface area contributed by atoms with Crippen LogP contribution in [0.5, 0.6) is 0 Å². The van der Waals surface area contributed by atoms with Gasteiger partial charge in [-0.25, -0.2) is 9.78 Å². The molecule has 1 unspecified atom stereocenters. The van der Waals surface area contributed by atoms with E-state index in [4.69, 9.17) is 21.3 Å². The van der Waals surface area contributed by atoms with Gasteiger partial charge in [-0.3, -0.25) is 9.58 Å². The van der Waals surface area contributed by atoms with E-state index >= 15 is 0 Å². The van der Waals surface area contributed by atoms with Gasteiger partial charge in [0.05, 0.1) is 36.3 Å². The molecule has 1 atom stereocenters. The van der Waals surface area contributed by atoms with E-state index in [0.717, 1.165) is 58.9 Å². The van der Waals surface area contributed by atoms with Gasteiger partial charge in [0.1, 0.15) is 17.3 Å². The Morgan fingerprint density at radius 3 is 2.69 bits per heavy atom. The number of rotatable bonds is 10. The second-order valence-electron chi connectivity index (χ2n) is 10.6. The second-order valence-corrected chi connectivity index (χ2v) is 12.0. The fraction of sp³-hybridized carbons (Fsp3) is 0.414. The van der Waals surface area contributed by atoms with E-state index in [9.17, 15) is 4.79 Å². The van der Waals surface area contributed by atoms with Gasteiger partial charge < -0.3 is 19.2 Å². The van der Waals surface area contributed by atoms with Crippen LogP contribution in [0.25, 0.3) is 5.70 Å². The summed E-state index contributed by atoms with van der Waals surface area (Å²) in [5.41, 5.74) is 4.37. The number of halogens is 1. The predicted molar refractivity (Wildman–Crippen MR) is 162 cm³/mol. The molecular formula is C29H34ClN9O2S. The highest BCUT2D eigenvalue weighted by atomic mass is 35.5. The molecule has 0 aliphatic carbocycles. The van der Waals surface area contributed by atoms with Gasteiger partial charge in [0.2, 0.25) is 0 Å². The summed E-state index contributed by atoms with van der Waals surface area (Å²) < 4.78 is 12.2. The summed E-state index contributed by atoms with van der Waals surface area (Å²) in [5.74, 6) is 2.86. The molecule has 3 aromatic heterocycles. The number of amides is 2. The maximum absolute atomic E-state index is 13.0. The summed E-state index contributed by atoms with van der Waals surface area (Å²) in [6.07, 6.45) is 2.85. The SMILES string of the molecule is C=C1NC(=O)N(Cc2ccc(Cl)cc2)c2nc(CSc3nnc(Cc4cc(C)nn4C)n3CC3CCCO3)n(CC)c21. The summed E-state index contributed by atoms with van der Waals surface area (Å²) in [4.78, 5) is 19.7. The zero-order chi connectivity index (χ0) is 29.4. The Morgan fingerprint density at radius 1 is 1.19 bits per heavy atom. The fourth-order valence-corrected chi connectivity index (χ4v) is 6.58. The van der Waals surface area contributed by atoms with Crippen LogP contribution in [0.1, 0.15) is 54.1 Å². The maximum atomic E-state index is 13.0. The van der Waals surface area contributed by atoms with Crippen molar-refractivity contribution in [3.8, 4) is 0 Å². The van der Waals surface area contributed by atoms with Gasteiger partial charge in [0.15, 0.2) is 11.0 Å². The molecule has 220 valence electrons. The molecule has 1 fully saturated rings. The summed E-state index contributed by atoms with van der Waals surface area (Å²) in [5, 5.41) is 18.1. The lowest BCUT2D eigenvalue weighted by Gasteiger charge is -2.28. The first kappa shape index (κ1) is 28.5. The number of fused-ring (bicyclic) bond motifs is 1. The predicted octanol–water partition coefficient (Wildman–Crippen LogP) is 4.95. The first-order valence-electron chi connectivity index (χ1n) is 14.1. The van der Waals surface area contributed by atoms with E-state index < -0.39 is 0 Å². The van der Waals surface area contributed by atoms with Crippen molar-refractivity contribution in [1.82, 2.24) is 39.4 Å². The summed E-state index contributed by atoms with van der Waals surface area (Å²) in [6.45, 7) is 10.7. The molecule has 2 amide bonds. The molecule has 2 aliphatic rings. The number of aromatic nitrogens is 7. The van der Waals surface area contributed by atoms with Gasteiger partial charge >= 0.3 is 6.03 Å². The molecule has 1 aromatic carbocycles. The van der Waals surface area contributed by atoms with Gasteiger partial charge in [0, 0.05) is 37.3 Å². The van der Waals surface area contributed by atoms with Crippen molar-refractivity contribution in [2.24, 2.45) is 7.05 Å². The Hall–Kier alpha value is -3.61. The largest absolute Gasteiger partial charge is 0.376 e. The average molecular weight is 608 g/mol. The summed E-state index contributed by atoms with van der Waals surface area (Å²) in [7, 11) is 1.95. The van der Waals surface area contributed by atoms with Gasteiger partial charge in [0.25, 0.3) is 0 Å². The molecule has 0 saturated carbocycles. The normalized spacial score (nSPS) is 16.8. The third kappa shape index (κ3) is 5.70. The van der Waals surface area contributed by atoms with Crippen LogP contribution in [0.2, 0.25) is 5.02 Å². The smallest absolute Gasteiger partial charge is 0.327 e. The van der Waals surface area contributed by atoms with E-state index in [1.807, 2.05) is 42.9 Å². The van der Waals surface area contributed by atoms with Crippen LogP contribution < -0.4 is 10.2 Å². The van der Waals surface area contributed by atoms with Crippen LogP contribution in [0, 0.1) is 6.92 Å². The third-order valence-electron chi connectivity index (χ3n) is 7.62. The standard InChI is InChI=1S/C29H34ClN9O2S/c1-5-37-25(32-27-26(37)19(3)31-28(40)39(27)15-20-8-10-21(30)11-9-20)17-42-29-34-33-24(14-22-13-18(2)35-36(22)4)38(29)16-23-7-6-12-41-23/h8-11,13,23H,3,5-7,12,14-17H2,1-2,4H3,(H,31,40). The van der Waals surface area contributed by atoms with Gasteiger partial charge in [-0.1, -0.05) is 42.1 Å². The van der Waals surface area contributed by atoms with Gasteiger partial charge in [-0.15, -0.1) is 10.2 Å². The van der Waals surface area contributed by atoms with Crippen LogP contribution in [-0.2, 0) is 43.6 Å². The van der Waals surface area contributed by atoms with Crippen LogP contribution in [-0.4, -0.2) is 52.8 Å². The quantitative estimate of drug-likeness (QED) is 0.254. The number of benzene rings is 1. The maximum Gasteiger partial charge on any atom is 0.327 e. The minimum atomic E-state index is -0.256. The molecule has 0 radical (unpaired) electrons. The van der Waals surface area contributed by atoms with Crippen molar-refractivity contribution in [3.63, 3.8) is 0 Å². The van der Waals surface area contributed by atoms with Crippen LogP contribution in [0.3, 0.4) is 0 Å². The van der Waals surface area contributed by atoms with Crippen molar-refractivity contribution in [3.05, 3.63) is 76.2 Å². The molecule has 0 bridgehead atoms. The highest BCUT2D eigenvalue weighted by molar-refractivity contribution is 7.98. The first-order valence-corrected chi connectivity index (χ1v) is 15.4. The number of carbonyl (C=O) groups is 1. The molecule has 5 heterocycles. The number of ether oxygens (including phenoxy) is 1. The number of nitrogens with one attached hydrogen (secondary N) is 1. The first-order chi connectivity index (χ1) is 20.3. The third-order valence-corrected chi connectivity index (χ3v) is 8.83. The van der Waals surface area contributed by atoms with Crippen LogP contribution in [0.4, 0.5) is 10.6 Å². The zero-order valence-corrected chi connectivity index (χ0v) is 25.6. The number of anilines is 1. The van der Waals surface area contributed by atoms with E-state index in [1.54, 1.807) is 16.7 Å². The molecule has 0 spiro atoms. The zero-order valence-electron chi connectivity index (χ0n) is 24.0. The number of hydrogen-bond donors (Lipinski definition) is 1. The lowest BCUT2D eigenvalue weighted by molar-refractivity contribution is 0.0942. The number of carbonyl (C=O) groups excluding carboxylic acids is 1. The van der Waals surface area contributed by atoms with Gasteiger partial charge in [-0.2, -0.15) is 5.10 Å². The number of thioether (sulfide) groups is 1. The van der Waals surface area contributed by atoms with E-state index in [2.05, 4.69) is 49.3 Å². The second kappa shape index (κ2) is 11.9. The Balaban J connectivity index is 1.28. The number of nitrogens with zero attached hydrogens (tertiary/aromatic N) is 8. The Kier molecular flexibility index (Phi) is 8.11. The fourth-order valence-electron chi connectivity index (χ4n) is 5.55. The lowest BCUT2D eigenvalue weighted by Crippen LogP contribution is -2.43. The Morgan fingerprint density at radius 2 is 2.00 bits per heavy atom. The number of aryl methyl sites for hydroxylation is 2. The van der Waals surface area contributed by atoms with Crippen molar-refractivity contribution in [1.29, 1.82) is 0 Å². The molecule has 2 aliphatic heterocycles. The highest BCUT2D eigenvalue weighted by Gasteiger charge is 2.33. The van der Waals surface area contributed by atoms with Gasteiger partial charge in [-0.05, 0) is 50.5 Å². The molecule has 13 heteroatoms. The van der Waals surface area contributed by atoms with Crippen molar-refractivity contribution in [2.75, 3.05) is 11.5 Å². The minimum Gasteiger partial charge on any atom is -0.376 e. The van der Waals surface area contributed by atoms with Crippen molar-refractivity contribution < 1.29 is 9.53 Å². The van der Waals surface area contributed by atoms with Crippen molar-refractivity contribution >= 4 is 40.9 Å². The molecular weight excluding hydrogens is 574 g/mol. The molecule has 6 rings (SSSR count). The lowest BCUT2D eigenvalue weighted by atomic mass is 10.2.